The van der Waals surface area contributed by atoms with Crippen molar-refractivity contribution < 1.29 is 14.3 Å². The quantitative estimate of drug-likeness (QED) is 0.814. The summed E-state index contributed by atoms with van der Waals surface area (Å²) in [4.78, 5) is 23.4. The van der Waals surface area contributed by atoms with Crippen LogP contribution in [0.3, 0.4) is 0 Å². The van der Waals surface area contributed by atoms with Crippen LogP contribution in [0.15, 0.2) is 24.3 Å². The maximum absolute atomic E-state index is 12.0. The molecule has 0 aromatic heterocycles. The van der Waals surface area contributed by atoms with Crippen molar-refractivity contribution >= 4 is 11.8 Å². The summed E-state index contributed by atoms with van der Waals surface area (Å²) in [7, 11) is 0. The molecule has 0 bridgehead atoms. The molecule has 0 heterocycles. The minimum absolute atomic E-state index is 0.0442. The smallest absolute Gasteiger partial charge is 0.255 e. The molecule has 0 atom stereocenters. The topological polar surface area (TPSA) is 67.4 Å². The van der Waals surface area contributed by atoms with E-state index in [-0.39, 0.29) is 24.4 Å². The SMILES string of the molecule is CCOc1ccccc1C(=O)NCC(=O)NC(C)C. The molecule has 2 N–H and O–H groups in total. The van der Waals surface area contributed by atoms with Crippen molar-refractivity contribution in [2.75, 3.05) is 13.2 Å². The number of rotatable bonds is 6. The van der Waals surface area contributed by atoms with E-state index in [0.717, 1.165) is 0 Å². The van der Waals surface area contributed by atoms with Gasteiger partial charge >= 0.3 is 0 Å². The number of hydrogen-bond acceptors (Lipinski definition) is 3. The molecule has 0 saturated carbocycles. The molecule has 104 valence electrons. The molecule has 5 nitrogen and oxygen atoms in total. The number of carbonyl (C=O) groups is 2. The average Bonchev–Trinajstić information content (AvgIpc) is 2.36. The van der Waals surface area contributed by atoms with Gasteiger partial charge < -0.3 is 15.4 Å². The number of nitrogens with one attached hydrogen (secondary N) is 2. The van der Waals surface area contributed by atoms with Gasteiger partial charge in [0.1, 0.15) is 5.75 Å². The Kier molecular flexibility index (Phi) is 5.85. The van der Waals surface area contributed by atoms with Gasteiger partial charge in [-0.25, -0.2) is 0 Å². The van der Waals surface area contributed by atoms with Crippen LogP contribution in [0.4, 0.5) is 0 Å². The minimum atomic E-state index is -0.317. The first kappa shape index (κ1) is 15.0. The molecule has 0 aliphatic rings. The zero-order valence-electron chi connectivity index (χ0n) is 11.5. The molecule has 0 fully saturated rings. The van der Waals surface area contributed by atoms with Crippen molar-refractivity contribution in [2.45, 2.75) is 26.8 Å². The predicted molar refractivity (Wildman–Crippen MR) is 73.2 cm³/mol. The first-order valence-corrected chi connectivity index (χ1v) is 6.34. The number of carbonyl (C=O) groups excluding carboxylic acids is 2. The van der Waals surface area contributed by atoms with Crippen LogP contribution in [-0.2, 0) is 4.79 Å². The average molecular weight is 264 g/mol. The molecule has 1 aromatic rings. The molecule has 1 rings (SSSR count). The van der Waals surface area contributed by atoms with Crippen LogP contribution in [0.2, 0.25) is 0 Å². The summed E-state index contributed by atoms with van der Waals surface area (Å²) in [5.74, 6) is -0.00744. The van der Waals surface area contributed by atoms with Crippen molar-refractivity contribution in [1.82, 2.24) is 10.6 Å². The third kappa shape index (κ3) is 4.99. The largest absolute Gasteiger partial charge is 0.493 e. The highest BCUT2D eigenvalue weighted by atomic mass is 16.5. The van der Waals surface area contributed by atoms with Gasteiger partial charge in [-0.05, 0) is 32.9 Å². The summed E-state index contributed by atoms with van der Waals surface area (Å²) in [6, 6.07) is 7.01. The number of hydrogen-bond donors (Lipinski definition) is 2. The fourth-order valence-corrected chi connectivity index (χ4v) is 1.56. The molecular weight excluding hydrogens is 244 g/mol. The van der Waals surface area contributed by atoms with Gasteiger partial charge in [-0.15, -0.1) is 0 Å². The Balaban J connectivity index is 2.61. The van der Waals surface area contributed by atoms with Gasteiger partial charge in [0.05, 0.1) is 18.7 Å². The predicted octanol–water partition coefficient (Wildman–Crippen LogP) is 1.34. The highest BCUT2D eigenvalue weighted by molar-refractivity contribution is 5.98. The third-order valence-corrected chi connectivity index (χ3v) is 2.29. The minimum Gasteiger partial charge on any atom is -0.493 e. The third-order valence-electron chi connectivity index (χ3n) is 2.29. The van der Waals surface area contributed by atoms with E-state index < -0.39 is 0 Å². The van der Waals surface area contributed by atoms with E-state index in [0.29, 0.717) is 17.9 Å². The van der Waals surface area contributed by atoms with Gasteiger partial charge in [0.25, 0.3) is 5.91 Å². The molecule has 0 unspecified atom stereocenters. The second-order valence-corrected chi connectivity index (χ2v) is 4.33. The number of ether oxygens (including phenoxy) is 1. The van der Waals surface area contributed by atoms with Crippen LogP contribution in [0, 0.1) is 0 Å². The fraction of sp³-hybridized carbons (Fsp3) is 0.429. The Bertz CT molecular complexity index is 444. The molecule has 1 aromatic carbocycles. The second-order valence-electron chi connectivity index (χ2n) is 4.33. The van der Waals surface area contributed by atoms with Crippen LogP contribution >= 0.6 is 0 Å². The van der Waals surface area contributed by atoms with Gasteiger partial charge in [-0.1, -0.05) is 12.1 Å². The molecule has 0 radical (unpaired) electrons. The number of benzene rings is 1. The van der Waals surface area contributed by atoms with Crippen LogP contribution in [-0.4, -0.2) is 31.0 Å². The zero-order valence-corrected chi connectivity index (χ0v) is 11.5. The van der Waals surface area contributed by atoms with Crippen LogP contribution in [0.1, 0.15) is 31.1 Å². The lowest BCUT2D eigenvalue weighted by molar-refractivity contribution is -0.120. The van der Waals surface area contributed by atoms with Crippen molar-refractivity contribution in [3.05, 3.63) is 29.8 Å². The molecule has 0 aliphatic carbocycles. The monoisotopic (exact) mass is 264 g/mol. The van der Waals surface area contributed by atoms with Crippen molar-refractivity contribution in [2.24, 2.45) is 0 Å². The standard InChI is InChI=1S/C14H20N2O3/c1-4-19-12-8-6-5-7-11(12)14(18)15-9-13(17)16-10(2)3/h5-8,10H,4,9H2,1-3H3,(H,15,18)(H,16,17). The maximum atomic E-state index is 12.0. The van der Waals surface area contributed by atoms with Crippen molar-refractivity contribution in [3.63, 3.8) is 0 Å². The summed E-state index contributed by atoms with van der Waals surface area (Å²) < 4.78 is 5.37. The van der Waals surface area contributed by atoms with Crippen LogP contribution in [0.25, 0.3) is 0 Å². The highest BCUT2D eigenvalue weighted by Crippen LogP contribution is 2.17. The maximum Gasteiger partial charge on any atom is 0.255 e. The van der Waals surface area contributed by atoms with Gasteiger partial charge in [0.2, 0.25) is 5.91 Å². The Morgan fingerprint density at radius 2 is 1.95 bits per heavy atom. The van der Waals surface area contributed by atoms with Gasteiger partial charge in [0.15, 0.2) is 0 Å². The Morgan fingerprint density at radius 1 is 1.26 bits per heavy atom. The summed E-state index contributed by atoms with van der Waals surface area (Å²) in [5.41, 5.74) is 0.432. The van der Waals surface area contributed by atoms with Gasteiger partial charge in [-0.3, -0.25) is 9.59 Å². The van der Waals surface area contributed by atoms with E-state index in [4.69, 9.17) is 4.74 Å². The normalized spacial score (nSPS) is 10.1. The summed E-state index contributed by atoms with van der Waals surface area (Å²) >= 11 is 0. The molecule has 0 spiro atoms. The fourth-order valence-electron chi connectivity index (χ4n) is 1.56. The first-order chi connectivity index (χ1) is 9.04. The second kappa shape index (κ2) is 7.41. The summed E-state index contributed by atoms with van der Waals surface area (Å²) in [5, 5.41) is 5.28. The lowest BCUT2D eigenvalue weighted by Crippen LogP contribution is -2.39. The van der Waals surface area contributed by atoms with Crippen LogP contribution in [0.5, 0.6) is 5.75 Å². The molecule has 5 heteroatoms. The number of amides is 2. The van der Waals surface area contributed by atoms with E-state index in [1.807, 2.05) is 20.8 Å². The molecule has 2 amide bonds. The number of para-hydroxylation sites is 1. The summed E-state index contributed by atoms with van der Waals surface area (Å²) in [6.45, 7) is 6.02. The summed E-state index contributed by atoms with van der Waals surface area (Å²) in [6.07, 6.45) is 0. The Hall–Kier alpha value is -2.04. The van der Waals surface area contributed by atoms with Crippen LogP contribution < -0.4 is 15.4 Å². The van der Waals surface area contributed by atoms with Gasteiger partial charge in [0, 0.05) is 6.04 Å². The van der Waals surface area contributed by atoms with Crippen molar-refractivity contribution in [3.8, 4) is 5.75 Å². The molecule has 19 heavy (non-hydrogen) atoms. The van der Waals surface area contributed by atoms with E-state index in [9.17, 15) is 9.59 Å². The van der Waals surface area contributed by atoms with Gasteiger partial charge in [-0.2, -0.15) is 0 Å². The lowest BCUT2D eigenvalue weighted by atomic mass is 10.2. The van der Waals surface area contributed by atoms with E-state index in [1.54, 1.807) is 24.3 Å². The van der Waals surface area contributed by atoms with E-state index >= 15 is 0 Å². The zero-order chi connectivity index (χ0) is 14.3. The lowest BCUT2D eigenvalue weighted by Gasteiger charge is -2.11. The first-order valence-electron chi connectivity index (χ1n) is 6.34. The van der Waals surface area contributed by atoms with E-state index in [2.05, 4.69) is 10.6 Å². The Morgan fingerprint density at radius 3 is 2.58 bits per heavy atom. The molecule has 0 saturated heterocycles. The molecule has 0 aliphatic heterocycles. The van der Waals surface area contributed by atoms with E-state index in [1.165, 1.54) is 0 Å². The highest BCUT2D eigenvalue weighted by Gasteiger charge is 2.13. The van der Waals surface area contributed by atoms with Crippen molar-refractivity contribution in [1.29, 1.82) is 0 Å². The molecular formula is C14H20N2O3. The Labute approximate surface area is 113 Å².